The quantitative estimate of drug-likeness (QED) is 0.745. The van der Waals surface area contributed by atoms with Crippen molar-refractivity contribution in [3.63, 3.8) is 0 Å². The molecule has 3 nitrogen and oxygen atoms in total. The highest BCUT2D eigenvalue weighted by molar-refractivity contribution is 5.82. The molecule has 102 valence electrons. The van der Waals surface area contributed by atoms with Crippen LogP contribution in [0, 0.1) is 17.8 Å². The van der Waals surface area contributed by atoms with E-state index in [0.717, 1.165) is 19.5 Å². The fourth-order valence-corrected chi connectivity index (χ4v) is 1.84. The van der Waals surface area contributed by atoms with Gasteiger partial charge in [-0.2, -0.15) is 0 Å². The van der Waals surface area contributed by atoms with Crippen molar-refractivity contribution in [2.24, 2.45) is 23.5 Å². The third-order valence-electron chi connectivity index (χ3n) is 3.02. The van der Waals surface area contributed by atoms with Gasteiger partial charge in [0.2, 0.25) is 5.91 Å². The molecule has 2 atom stereocenters. The second-order valence-electron chi connectivity index (χ2n) is 5.94. The third-order valence-corrected chi connectivity index (χ3v) is 3.02. The van der Waals surface area contributed by atoms with Crippen molar-refractivity contribution >= 4 is 5.91 Å². The van der Waals surface area contributed by atoms with Crippen LogP contribution in [0.4, 0.5) is 0 Å². The highest BCUT2D eigenvalue weighted by Crippen LogP contribution is 2.11. The van der Waals surface area contributed by atoms with Gasteiger partial charge in [-0.1, -0.05) is 48.0 Å². The van der Waals surface area contributed by atoms with Crippen molar-refractivity contribution < 1.29 is 4.79 Å². The molecule has 0 radical (unpaired) electrons. The normalized spacial score (nSPS) is 15.1. The molecule has 0 saturated heterocycles. The van der Waals surface area contributed by atoms with Gasteiger partial charge < -0.3 is 10.6 Å². The lowest BCUT2D eigenvalue weighted by Gasteiger charge is -2.30. The summed E-state index contributed by atoms with van der Waals surface area (Å²) in [5.74, 6) is 1.34. The smallest absolute Gasteiger partial charge is 0.239 e. The van der Waals surface area contributed by atoms with Gasteiger partial charge in [0.15, 0.2) is 0 Å². The minimum atomic E-state index is -0.350. The zero-order chi connectivity index (χ0) is 13.6. The van der Waals surface area contributed by atoms with E-state index in [-0.39, 0.29) is 17.9 Å². The zero-order valence-electron chi connectivity index (χ0n) is 12.4. The first kappa shape index (κ1) is 16.4. The summed E-state index contributed by atoms with van der Waals surface area (Å²) in [5.41, 5.74) is 6.03. The van der Waals surface area contributed by atoms with E-state index in [1.165, 1.54) is 0 Å². The van der Waals surface area contributed by atoms with E-state index in [2.05, 4.69) is 34.6 Å². The first-order chi connectivity index (χ1) is 7.79. The molecule has 0 aliphatic heterocycles. The predicted octanol–water partition coefficient (Wildman–Crippen LogP) is 2.50. The summed E-state index contributed by atoms with van der Waals surface area (Å²) in [6.07, 6.45) is 0.949. The van der Waals surface area contributed by atoms with Gasteiger partial charge in [0, 0.05) is 13.1 Å². The molecule has 0 bridgehead atoms. The van der Waals surface area contributed by atoms with Crippen molar-refractivity contribution in [2.75, 3.05) is 13.1 Å². The maximum Gasteiger partial charge on any atom is 0.239 e. The number of hydrogen-bond acceptors (Lipinski definition) is 2. The van der Waals surface area contributed by atoms with Gasteiger partial charge >= 0.3 is 0 Å². The lowest BCUT2D eigenvalue weighted by atomic mass is 9.98. The molecule has 17 heavy (non-hydrogen) atoms. The summed E-state index contributed by atoms with van der Waals surface area (Å²) in [4.78, 5) is 14.3. The molecule has 0 rings (SSSR count). The van der Waals surface area contributed by atoms with Crippen molar-refractivity contribution in [2.45, 2.75) is 54.0 Å². The van der Waals surface area contributed by atoms with E-state index >= 15 is 0 Å². The third kappa shape index (κ3) is 6.06. The SMILES string of the molecule is CC[C@H](C)[C@H](N)C(=O)N(CC(C)C)CC(C)C. The van der Waals surface area contributed by atoms with Crippen molar-refractivity contribution in [3.8, 4) is 0 Å². The Labute approximate surface area is 107 Å². The standard InChI is InChI=1S/C14H30N2O/c1-7-12(6)13(15)14(17)16(8-10(2)3)9-11(4)5/h10-13H,7-9,15H2,1-6H3/t12-,13-/m0/s1. The highest BCUT2D eigenvalue weighted by atomic mass is 16.2. The summed E-state index contributed by atoms with van der Waals surface area (Å²) in [7, 11) is 0. The van der Waals surface area contributed by atoms with Crippen molar-refractivity contribution in [1.82, 2.24) is 4.90 Å². The zero-order valence-corrected chi connectivity index (χ0v) is 12.4. The first-order valence-electron chi connectivity index (χ1n) is 6.83. The summed E-state index contributed by atoms with van der Waals surface area (Å²) >= 11 is 0. The average molecular weight is 242 g/mol. The Balaban J connectivity index is 4.61. The van der Waals surface area contributed by atoms with Gasteiger partial charge in [-0.05, 0) is 17.8 Å². The topological polar surface area (TPSA) is 46.3 Å². The Hall–Kier alpha value is -0.570. The van der Waals surface area contributed by atoms with Gasteiger partial charge in [0.1, 0.15) is 0 Å². The van der Waals surface area contributed by atoms with Crippen LogP contribution in [0.25, 0.3) is 0 Å². The first-order valence-corrected chi connectivity index (χ1v) is 6.83. The summed E-state index contributed by atoms with van der Waals surface area (Å²) in [6, 6.07) is -0.350. The fraction of sp³-hybridized carbons (Fsp3) is 0.929. The predicted molar refractivity (Wildman–Crippen MR) is 73.7 cm³/mol. The number of carbonyl (C=O) groups is 1. The summed E-state index contributed by atoms with van der Waals surface area (Å²) in [6.45, 7) is 14.3. The van der Waals surface area contributed by atoms with Crippen LogP contribution in [0.5, 0.6) is 0 Å². The van der Waals surface area contributed by atoms with Crippen LogP contribution in [0.2, 0.25) is 0 Å². The number of amides is 1. The highest BCUT2D eigenvalue weighted by Gasteiger charge is 2.25. The Morgan fingerprint density at radius 1 is 1.06 bits per heavy atom. The van der Waals surface area contributed by atoms with Gasteiger partial charge in [0.25, 0.3) is 0 Å². The second-order valence-corrected chi connectivity index (χ2v) is 5.94. The maximum atomic E-state index is 12.3. The van der Waals surface area contributed by atoms with E-state index in [4.69, 9.17) is 5.73 Å². The number of rotatable bonds is 7. The van der Waals surface area contributed by atoms with Gasteiger partial charge in [-0.15, -0.1) is 0 Å². The summed E-state index contributed by atoms with van der Waals surface area (Å²) in [5, 5.41) is 0. The van der Waals surface area contributed by atoms with Gasteiger partial charge in [-0.3, -0.25) is 4.79 Å². The van der Waals surface area contributed by atoms with Crippen LogP contribution in [-0.2, 0) is 4.79 Å². The number of hydrogen-bond donors (Lipinski definition) is 1. The van der Waals surface area contributed by atoms with E-state index in [0.29, 0.717) is 11.8 Å². The molecular formula is C14H30N2O. The van der Waals surface area contributed by atoms with Crippen LogP contribution in [-0.4, -0.2) is 29.9 Å². The molecule has 0 aromatic carbocycles. The Morgan fingerprint density at radius 2 is 1.47 bits per heavy atom. The van der Waals surface area contributed by atoms with Crippen molar-refractivity contribution in [3.05, 3.63) is 0 Å². The van der Waals surface area contributed by atoms with E-state index in [1.54, 1.807) is 0 Å². The van der Waals surface area contributed by atoms with Crippen LogP contribution in [0.15, 0.2) is 0 Å². The van der Waals surface area contributed by atoms with Crippen molar-refractivity contribution in [1.29, 1.82) is 0 Å². The van der Waals surface area contributed by atoms with Gasteiger partial charge in [-0.25, -0.2) is 0 Å². The van der Waals surface area contributed by atoms with Crippen LogP contribution < -0.4 is 5.73 Å². The molecular weight excluding hydrogens is 212 g/mol. The number of carbonyl (C=O) groups excluding carboxylic acids is 1. The molecule has 0 aliphatic carbocycles. The van der Waals surface area contributed by atoms with E-state index in [1.807, 2.05) is 11.8 Å². The molecule has 0 saturated carbocycles. The average Bonchev–Trinajstić information content (AvgIpc) is 2.23. The van der Waals surface area contributed by atoms with Crippen LogP contribution in [0.3, 0.4) is 0 Å². The summed E-state index contributed by atoms with van der Waals surface area (Å²) < 4.78 is 0. The number of nitrogens with zero attached hydrogens (tertiary/aromatic N) is 1. The lowest BCUT2D eigenvalue weighted by Crippen LogP contribution is -2.49. The molecule has 0 spiro atoms. The van der Waals surface area contributed by atoms with Gasteiger partial charge in [0.05, 0.1) is 6.04 Å². The molecule has 0 unspecified atom stereocenters. The molecule has 0 aromatic rings. The van der Waals surface area contributed by atoms with Crippen LogP contribution in [0.1, 0.15) is 48.0 Å². The Morgan fingerprint density at radius 3 is 1.76 bits per heavy atom. The monoisotopic (exact) mass is 242 g/mol. The molecule has 0 heterocycles. The minimum Gasteiger partial charge on any atom is -0.341 e. The van der Waals surface area contributed by atoms with E-state index in [9.17, 15) is 4.79 Å². The maximum absolute atomic E-state index is 12.3. The number of nitrogens with two attached hydrogens (primary N) is 1. The largest absolute Gasteiger partial charge is 0.341 e. The lowest BCUT2D eigenvalue weighted by molar-refractivity contribution is -0.134. The molecule has 2 N–H and O–H groups in total. The molecule has 1 amide bonds. The van der Waals surface area contributed by atoms with E-state index < -0.39 is 0 Å². The Kier molecular flexibility index (Phi) is 7.44. The minimum absolute atomic E-state index is 0.113. The fourth-order valence-electron chi connectivity index (χ4n) is 1.84. The Bertz CT molecular complexity index is 216. The molecule has 0 fully saturated rings. The molecule has 0 aliphatic rings. The van der Waals surface area contributed by atoms with Crippen LogP contribution >= 0.6 is 0 Å². The molecule has 0 aromatic heterocycles. The second kappa shape index (κ2) is 7.70. The molecule has 3 heteroatoms.